The Bertz CT molecular complexity index is 545. The summed E-state index contributed by atoms with van der Waals surface area (Å²) in [5.41, 5.74) is 0. The number of halogens is 3. The summed E-state index contributed by atoms with van der Waals surface area (Å²) < 4.78 is 36.7. The van der Waals surface area contributed by atoms with Crippen LogP contribution < -0.4 is 10.6 Å². The van der Waals surface area contributed by atoms with Crippen molar-refractivity contribution in [1.29, 1.82) is 0 Å². The number of hydrogen-bond donors (Lipinski definition) is 3. The highest BCUT2D eigenvalue weighted by Crippen LogP contribution is 2.21. The van der Waals surface area contributed by atoms with Gasteiger partial charge in [-0.05, 0) is 18.4 Å². The van der Waals surface area contributed by atoms with Gasteiger partial charge in [-0.1, -0.05) is 6.07 Å². The lowest BCUT2D eigenvalue weighted by Gasteiger charge is -2.19. The monoisotopic (exact) mass is 338 g/mol. The van der Waals surface area contributed by atoms with Crippen molar-refractivity contribution < 1.29 is 32.7 Å². The Morgan fingerprint density at radius 1 is 1.32 bits per heavy atom. The Labute approximate surface area is 127 Å². The molecule has 0 fully saturated rings. The van der Waals surface area contributed by atoms with Gasteiger partial charge < -0.3 is 15.7 Å². The third-order valence-corrected chi connectivity index (χ3v) is 3.40. The Hall–Kier alpha value is -2.10. The number of carbonyl (C=O) groups excluding carboxylic acids is 2. The largest absolute Gasteiger partial charge is 0.480 e. The molecule has 0 aliphatic rings. The molecule has 0 saturated carbocycles. The molecule has 122 valence electrons. The fourth-order valence-corrected chi connectivity index (χ4v) is 2.10. The van der Waals surface area contributed by atoms with E-state index in [9.17, 15) is 27.6 Å². The van der Waals surface area contributed by atoms with Gasteiger partial charge in [0.2, 0.25) is 5.91 Å². The second-order valence-electron chi connectivity index (χ2n) is 4.39. The molecule has 1 heterocycles. The fourth-order valence-electron chi connectivity index (χ4n) is 1.47. The van der Waals surface area contributed by atoms with E-state index in [-0.39, 0.29) is 0 Å². The summed E-state index contributed by atoms with van der Waals surface area (Å²) in [6, 6.07) is -0.152. The van der Waals surface area contributed by atoms with E-state index >= 15 is 0 Å². The van der Waals surface area contributed by atoms with Crippen LogP contribution in [0.1, 0.15) is 23.0 Å². The second kappa shape index (κ2) is 7.25. The van der Waals surface area contributed by atoms with E-state index in [1.807, 2.05) is 0 Å². The molecular weight excluding hydrogens is 325 g/mol. The summed E-state index contributed by atoms with van der Waals surface area (Å²) >= 11 is 1.12. The van der Waals surface area contributed by atoms with Gasteiger partial charge in [0.15, 0.2) is 0 Å². The van der Waals surface area contributed by atoms with Crippen LogP contribution in [0.15, 0.2) is 17.5 Å². The number of amides is 2. The lowest BCUT2D eigenvalue weighted by atomic mass is 10.2. The van der Waals surface area contributed by atoms with E-state index in [0.29, 0.717) is 4.88 Å². The molecule has 0 radical (unpaired) electrons. The van der Waals surface area contributed by atoms with Gasteiger partial charge >= 0.3 is 12.1 Å². The van der Waals surface area contributed by atoms with Crippen molar-refractivity contribution in [2.24, 2.45) is 0 Å². The maximum Gasteiger partial charge on any atom is 0.391 e. The smallest absolute Gasteiger partial charge is 0.391 e. The predicted molar refractivity (Wildman–Crippen MR) is 71.5 cm³/mol. The van der Waals surface area contributed by atoms with Crippen LogP contribution in [-0.2, 0) is 9.59 Å². The highest BCUT2D eigenvalue weighted by molar-refractivity contribution is 7.12. The number of alkyl halides is 3. The molecule has 2 atom stereocenters. The van der Waals surface area contributed by atoms with Gasteiger partial charge in [-0.15, -0.1) is 11.3 Å². The summed E-state index contributed by atoms with van der Waals surface area (Å²) in [6.45, 7) is 1.24. The van der Waals surface area contributed by atoms with E-state index in [1.165, 1.54) is 13.0 Å². The molecule has 6 nitrogen and oxygen atoms in total. The Morgan fingerprint density at radius 2 is 1.95 bits per heavy atom. The molecule has 22 heavy (non-hydrogen) atoms. The van der Waals surface area contributed by atoms with E-state index in [1.54, 1.807) is 16.8 Å². The molecule has 1 rings (SSSR count). The first-order valence-corrected chi connectivity index (χ1v) is 6.92. The molecule has 0 aliphatic heterocycles. The molecular formula is C12H13F3N2O4S. The normalized spacial score (nSPS) is 14.0. The number of carboxylic acids is 1. The quantitative estimate of drug-likeness (QED) is 0.730. The number of aliphatic carboxylic acids is 1. The molecule has 0 saturated heterocycles. The van der Waals surface area contributed by atoms with Crippen molar-refractivity contribution in [3.63, 3.8) is 0 Å². The van der Waals surface area contributed by atoms with Crippen molar-refractivity contribution >= 4 is 29.1 Å². The number of carboxylic acid groups (broad SMARTS) is 1. The van der Waals surface area contributed by atoms with Crippen molar-refractivity contribution in [1.82, 2.24) is 10.6 Å². The van der Waals surface area contributed by atoms with Crippen LogP contribution in [0.2, 0.25) is 0 Å². The average molecular weight is 338 g/mol. The van der Waals surface area contributed by atoms with Crippen molar-refractivity contribution in [2.45, 2.75) is 31.6 Å². The van der Waals surface area contributed by atoms with E-state index in [4.69, 9.17) is 5.11 Å². The zero-order chi connectivity index (χ0) is 16.9. The van der Waals surface area contributed by atoms with Crippen LogP contribution in [-0.4, -0.2) is 41.2 Å². The van der Waals surface area contributed by atoms with Crippen LogP contribution in [0.25, 0.3) is 0 Å². The predicted octanol–water partition coefficient (Wildman–Crippen LogP) is 1.39. The van der Waals surface area contributed by atoms with E-state index < -0.39 is 42.5 Å². The van der Waals surface area contributed by atoms with Crippen molar-refractivity contribution in [3.8, 4) is 0 Å². The highest BCUT2D eigenvalue weighted by Gasteiger charge is 2.36. The zero-order valence-electron chi connectivity index (χ0n) is 11.3. The van der Waals surface area contributed by atoms with Crippen LogP contribution in [0.5, 0.6) is 0 Å². The average Bonchev–Trinajstić information content (AvgIpc) is 2.89. The van der Waals surface area contributed by atoms with Crippen LogP contribution >= 0.6 is 11.3 Å². The number of carbonyl (C=O) groups is 3. The molecule has 1 aromatic heterocycles. The van der Waals surface area contributed by atoms with Gasteiger partial charge in [0.25, 0.3) is 5.91 Å². The minimum Gasteiger partial charge on any atom is -0.480 e. The third kappa shape index (κ3) is 5.72. The topological polar surface area (TPSA) is 95.5 Å². The van der Waals surface area contributed by atoms with Crippen molar-refractivity contribution in [2.75, 3.05) is 0 Å². The number of rotatable bonds is 6. The number of thiophene rings is 1. The van der Waals surface area contributed by atoms with Gasteiger partial charge in [0, 0.05) is 0 Å². The Kier molecular flexibility index (Phi) is 5.92. The summed E-state index contributed by atoms with van der Waals surface area (Å²) in [5, 5.41) is 14.4. The maximum absolute atomic E-state index is 12.2. The molecule has 0 aliphatic carbocycles. The van der Waals surface area contributed by atoms with Gasteiger partial charge in [-0.3, -0.25) is 9.59 Å². The first-order valence-electron chi connectivity index (χ1n) is 6.04. The molecule has 0 spiro atoms. The van der Waals surface area contributed by atoms with E-state index in [2.05, 4.69) is 5.32 Å². The second-order valence-corrected chi connectivity index (χ2v) is 5.34. The molecule has 3 N–H and O–H groups in total. The molecule has 10 heteroatoms. The zero-order valence-corrected chi connectivity index (χ0v) is 12.1. The minimum atomic E-state index is -4.74. The minimum absolute atomic E-state index is 0.324. The highest BCUT2D eigenvalue weighted by atomic mass is 32.1. The Balaban J connectivity index is 2.61. The summed E-state index contributed by atoms with van der Waals surface area (Å²) in [5.74, 6) is -3.38. The summed E-state index contributed by atoms with van der Waals surface area (Å²) in [6.07, 6.45) is -6.43. The summed E-state index contributed by atoms with van der Waals surface area (Å²) in [4.78, 5) is 34.5. The molecule has 1 aromatic rings. The molecule has 0 aromatic carbocycles. The fraction of sp³-hybridized carbons (Fsp3) is 0.417. The van der Waals surface area contributed by atoms with Gasteiger partial charge in [-0.2, -0.15) is 13.2 Å². The SMILES string of the molecule is CC(NC(=O)c1cccs1)C(=O)NC(CC(F)(F)F)C(=O)O. The standard InChI is InChI=1S/C12H13F3N2O4S/c1-6(16-10(19)8-3-2-4-22-8)9(18)17-7(11(20)21)5-12(13,14)15/h2-4,6-7H,5H2,1H3,(H,16,19)(H,17,18)(H,20,21). The lowest BCUT2D eigenvalue weighted by Crippen LogP contribution is -2.51. The van der Waals surface area contributed by atoms with Crippen molar-refractivity contribution in [3.05, 3.63) is 22.4 Å². The number of hydrogen-bond acceptors (Lipinski definition) is 4. The van der Waals surface area contributed by atoms with E-state index in [0.717, 1.165) is 11.3 Å². The molecule has 2 amide bonds. The van der Waals surface area contributed by atoms with Gasteiger partial charge in [-0.25, -0.2) is 4.79 Å². The number of nitrogens with one attached hydrogen (secondary N) is 2. The lowest BCUT2D eigenvalue weighted by molar-refractivity contribution is -0.160. The van der Waals surface area contributed by atoms with Crippen LogP contribution in [0, 0.1) is 0 Å². The molecule has 0 bridgehead atoms. The third-order valence-electron chi connectivity index (χ3n) is 2.54. The van der Waals surface area contributed by atoms with Gasteiger partial charge in [0.1, 0.15) is 12.1 Å². The van der Waals surface area contributed by atoms with Crippen LogP contribution in [0.3, 0.4) is 0 Å². The first-order chi connectivity index (χ1) is 10.1. The Morgan fingerprint density at radius 3 is 2.41 bits per heavy atom. The molecule has 2 unspecified atom stereocenters. The van der Waals surface area contributed by atoms with Gasteiger partial charge in [0.05, 0.1) is 11.3 Å². The van der Waals surface area contributed by atoms with Crippen LogP contribution in [0.4, 0.5) is 13.2 Å². The first kappa shape index (κ1) is 18.0. The maximum atomic E-state index is 12.2. The summed E-state index contributed by atoms with van der Waals surface area (Å²) in [7, 11) is 0.